The van der Waals surface area contributed by atoms with Gasteiger partial charge in [-0.15, -0.1) is 0 Å². The third-order valence-electron chi connectivity index (χ3n) is 1.98. The van der Waals surface area contributed by atoms with Crippen LogP contribution >= 0.6 is 7.60 Å². The summed E-state index contributed by atoms with van der Waals surface area (Å²) in [6, 6.07) is -0.837. The van der Waals surface area contributed by atoms with Gasteiger partial charge in [-0.2, -0.15) is 4.99 Å². The number of aliphatic imine (C=N–C) groups is 1. The third kappa shape index (κ3) is 2.84. The zero-order chi connectivity index (χ0) is 13.8. The fourth-order valence-electron chi connectivity index (χ4n) is 1.33. The Labute approximate surface area is 104 Å². The van der Waals surface area contributed by atoms with Gasteiger partial charge in [-0.05, 0) is 13.8 Å². The van der Waals surface area contributed by atoms with Crippen molar-refractivity contribution >= 4 is 25.0 Å². The van der Waals surface area contributed by atoms with E-state index >= 15 is 0 Å². The molecule has 0 saturated heterocycles. The summed E-state index contributed by atoms with van der Waals surface area (Å²) < 4.78 is 26.9. The van der Waals surface area contributed by atoms with Crippen molar-refractivity contribution < 1.29 is 27.9 Å². The molecule has 0 saturated carbocycles. The van der Waals surface area contributed by atoms with E-state index in [2.05, 4.69) is 9.73 Å². The fraction of sp³-hybridized carbons (Fsp3) is 0.667. The molecule has 3 amide bonds. The Morgan fingerprint density at radius 3 is 2.22 bits per heavy atom. The molecule has 0 fully saturated rings. The summed E-state index contributed by atoms with van der Waals surface area (Å²) in [5.41, 5.74) is -0.492. The van der Waals surface area contributed by atoms with Gasteiger partial charge in [0.15, 0.2) is 0 Å². The monoisotopic (exact) mass is 278 g/mol. The van der Waals surface area contributed by atoms with Gasteiger partial charge >= 0.3 is 13.6 Å². The average Bonchev–Trinajstić information content (AvgIpc) is 2.59. The van der Waals surface area contributed by atoms with Crippen LogP contribution in [0.2, 0.25) is 0 Å². The molecule has 1 aliphatic rings. The van der Waals surface area contributed by atoms with E-state index < -0.39 is 25.0 Å². The summed E-state index contributed by atoms with van der Waals surface area (Å²) >= 11 is 0. The van der Waals surface area contributed by atoms with E-state index in [0.717, 1.165) is 4.90 Å². The summed E-state index contributed by atoms with van der Waals surface area (Å²) in [4.78, 5) is 27.5. The van der Waals surface area contributed by atoms with Crippen molar-refractivity contribution in [1.82, 2.24) is 4.90 Å². The van der Waals surface area contributed by atoms with Gasteiger partial charge in [-0.25, -0.2) is 9.69 Å². The van der Waals surface area contributed by atoms with Gasteiger partial charge in [-0.3, -0.25) is 9.36 Å². The van der Waals surface area contributed by atoms with Crippen LogP contribution in [-0.4, -0.2) is 49.3 Å². The number of carbonyl (C=O) groups excluding carboxylic acids is 2. The highest BCUT2D eigenvalue weighted by atomic mass is 31.2. The second-order valence-electron chi connectivity index (χ2n) is 3.20. The maximum Gasteiger partial charge on any atom is 0.385 e. The first kappa shape index (κ1) is 15.0. The van der Waals surface area contributed by atoms with E-state index in [1.807, 2.05) is 0 Å². The first-order valence-corrected chi connectivity index (χ1v) is 6.87. The molecule has 0 aliphatic carbocycles. The smallest absolute Gasteiger partial charge is 0.364 e. The lowest BCUT2D eigenvalue weighted by molar-refractivity contribution is -0.123. The third-order valence-corrected chi connectivity index (χ3v) is 3.99. The normalized spacial score (nSPS) is 16.4. The fourth-order valence-corrected chi connectivity index (χ4v) is 2.89. The van der Waals surface area contributed by atoms with E-state index in [4.69, 9.17) is 9.05 Å². The Hall–Kier alpha value is -1.08. The number of ether oxygens (including phenoxy) is 1. The number of nitrogens with zero attached hydrogens (tertiary/aromatic N) is 2. The van der Waals surface area contributed by atoms with Crippen molar-refractivity contribution in [3.63, 3.8) is 0 Å². The lowest BCUT2D eigenvalue weighted by atomic mass is 10.6. The molecule has 0 bridgehead atoms. The number of urea groups is 1. The van der Waals surface area contributed by atoms with Crippen LogP contribution in [0.4, 0.5) is 4.79 Å². The molecule has 0 spiro atoms. The Balaban J connectivity index is 3.01. The molecule has 1 rings (SSSR count). The minimum absolute atomic E-state index is 0.0715. The zero-order valence-electron chi connectivity index (χ0n) is 10.4. The molecular formula is C9H15N2O6P. The van der Waals surface area contributed by atoms with Crippen LogP contribution in [0.15, 0.2) is 4.99 Å². The number of imide groups is 1. The molecule has 8 nitrogen and oxygen atoms in total. The lowest BCUT2D eigenvalue weighted by Gasteiger charge is -2.16. The van der Waals surface area contributed by atoms with Crippen LogP contribution in [0.25, 0.3) is 0 Å². The van der Waals surface area contributed by atoms with Gasteiger partial charge in [0, 0.05) is 7.11 Å². The minimum Gasteiger partial charge on any atom is -0.364 e. The van der Waals surface area contributed by atoms with Gasteiger partial charge in [0.25, 0.3) is 5.91 Å². The first-order valence-electron chi connectivity index (χ1n) is 5.33. The second-order valence-corrected chi connectivity index (χ2v) is 5.14. The topological polar surface area (TPSA) is 94.5 Å². The second kappa shape index (κ2) is 6.19. The SMILES string of the molecule is CCOP(=O)(OCC)C1=NC(=O)N(COC)C1=O. The van der Waals surface area contributed by atoms with Crippen LogP contribution in [0.3, 0.4) is 0 Å². The highest BCUT2D eigenvalue weighted by Gasteiger charge is 2.46. The van der Waals surface area contributed by atoms with Crippen molar-refractivity contribution in [3.8, 4) is 0 Å². The minimum atomic E-state index is -3.84. The largest absolute Gasteiger partial charge is 0.385 e. The Kier molecular flexibility index (Phi) is 5.15. The van der Waals surface area contributed by atoms with Crippen LogP contribution < -0.4 is 0 Å². The number of methoxy groups -OCH3 is 1. The highest BCUT2D eigenvalue weighted by Crippen LogP contribution is 2.51. The van der Waals surface area contributed by atoms with E-state index in [0.29, 0.717) is 0 Å². The van der Waals surface area contributed by atoms with Gasteiger partial charge in [0.05, 0.1) is 13.2 Å². The first-order chi connectivity index (χ1) is 8.50. The molecule has 0 aromatic rings. The van der Waals surface area contributed by atoms with E-state index in [-0.39, 0.29) is 19.9 Å². The van der Waals surface area contributed by atoms with Crippen molar-refractivity contribution in [2.45, 2.75) is 13.8 Å². The Morgan fingerprint density at radius 1 is 1.22 bits per heavy atom. The van der Waals surface area contributed by atoms with Crippen LogP contribution in [0.5, 0.6) is 0 Å². The van der Waals surface area contributed by atoms with Crippen molar-refractivity contribution in [3.05, 3.63) is 0 Å². The van der Waals surface area contributed by atoms with Crippen molar-refractivity contribution in [2.24, 2.45) is 4.99 Å². The van der Waals surface area contributed by atoms with E-state index in [1.54, 1.807) is 13.8 Å². The molecule has 0 N–H and O–H groups in total. The molecule has 0 radical (unpaired) electrons. The predicted molar refractivity (Wildman–Crippen MR) is 62.4 cm³/mol. The molecule has 102 valence electrons. The zero-order valence-corrected chi connectivity index (χ0v) is 11.3. The summed E-state index contributed by atoms with van der Waals surface area (Å²) in [7, 11) is -2.52. The molecular weight excluding hydrogens is 263 g/mol. The molecule has 0 atom stereocenters. The number of rotatable bonds is 7. The van der Waals surface area contributed by atoms with Crippen LogP contribution in [0, 0.1) is 0 Å². The summed E-state index contributed by atoms with van der Waals surface area (Å²) in [6.45, 7) is 3.08. The summed E-state index contributed by atoms with van der Waals surface area (Å²) in [5, 5.41) is 0. The highest BCUT2D eigenvalue weighted by molar-refractivity contribution is 7.75. The van der Waals surface area contributed by atoms with E-state index in [1.165, 1.54) is 7.11 Å². The molecule has 18 heavy (non-hydrogen) atoms. The average molecular weight is 278 g/mol. The Morgan fingerprint density at radius 2 is 1.78 bits per heavy atom. The van der Waals surface area contributed by atoms with Gasteiger partial charge in [-0.1, -0.05) is 0 Å². The lowest BCUT2D eigenvalue weighted by Crippen LogP contribution is -2.34. The number of hydrogen-bond acceptors (Lipinski definition) is 6. The number of carbonyl (C=O) groups is 2. The summed E-state index contributed by atoms with van der Waals surface area (Å²) in [6.07, 6.45) is 0. The maximum atomic E-state index is 12.3. The maximum absolute atomic E-state index is 12.3. The molecule has 1 heterocycles. The van der Waals surface area contributed by atoms with Crippen molar-refractivity contribution in [1.29, 1.82) is 0 Å². The quantitative estimate of drug-likeness (QED) is 0.650. The number of hydrogen-bond donors (Lipinski definition) is 0. The van der Waals surface area contributed by atoms with Crippen LogP contribution in [-0.2, 0) is 23.1 Å². The van der Waals surface area contributed by atoms with E-state index in [9.17, 15) is 14.2 Å². The number of amides is 3. The van der Waals surface area contributed by atoms with Gasteiger partial charge in [0.1, 0.15) is 6.73 Å². The molecule has 1 aliphatic heterocycles. The van der Waals surface area contributed by atoms with Gasteiger partial charge < -0.3 is 13.8 Å². The molecule has 0 unspecified atom stereocenters. The molecule has 0 aromatic carbocycles. The standard InChI is InChI=1S/C9H15N2O6P/c1-4-16-18(14,17-5-2)7-8(12)11(6-15-3)9(13)10-7/h4-6H2,1-3H3. The van der Waals surface area contributed by atoms with Gasteiger partial charge in [0.2, 0.25) is 5.45 Å². The Bertz CT molecular complexity index is 411. The molecule has 9 heteroatoms. The van der Waals surface area contributed by atoms with Crippen LogP contribution in [0.1, 0.15) is 13.8 Å². The summed E-state index contributed by atoms with van der Waals surface area (Å²) in [5.74, 6) is -0.813. The van der Waals surface area contributed by atoms with Crippen molar-refractivity contribution in [2.75, 3.05) is 27.1 Å². The molecule has 0 aromatic heterocycles. The predicted octanol–water partition coefficient (Wildman–Crippen LogP) is 1.22.